The van der Waals surface area contributed by atoms with E-state index in [4.69, 9.17) is 25.8 Å². The van der Waals surface area contributed by atoms with Gasteiger partial charge in [0.1, 0.15) is 0 Å². The Morgan fingerprint density at radius 2 is 2.00 bits per heavy atom. The molecule has 25 heavy (non-hydrogen) atoms. The van der Waals surface area contributed by atoms with Crippen molar-refractivity contribution in [1.29, 1.82) is 0 Å². The number of halogens is 2. The first kappa shape index (κ1) is 16.8. The molecule has 1 aliphatic heterocycles. The highest BCUT2D eigenvalue weighted by atomic mass is 35.5. The van der Waals surface area contributed by atoms with Gasteiger partial charge in [-0.1, -0.05) is 23.7 Å². The summed E-state index contributed by atoms with van der Waals surface area (Å²) in [5, 5.41) is 0.217. The molecule has 2 N–H and O–H groups in total. The van der Waals surface area contributed by atoms with Gasteiger partial charge < -0.3 is 14.2 Å². The highest BCUT2D eigenvalue weighted by Crippen LogP contribution is 2.39. The van der Waals surface area contributed by atoms with Crippen LogP contribution in [-0.4, -0.2) is 25.2 Å². The summed E-state index contributed by atoms with van der Waals surface area (Å²) in [4.78, 5) is 23.7. The fraction of sp³-hybridized carbons (Fsp3) is 0.125. The first-order valence-corrected chi connectivity index (χ1v) is 7.48. The lowest BCUT2D eigenvalue weighted by atomic mass is 10.2. The number of amides is 2. The average molecular weight is 367 g/mol. The first-order valence-electron chi connectivity index (χ1n) is 7.10. The van der Waals surface area contributed by atoms with Crippen molar-refractivity contribution in [2.45, 2.75) is 0 Å². The van der Waals surface area contributed by atoms with Gasteiger partial charge in [0, 0.05) is 5.56 Å². The third kappa shape index (κ3) is 3.92. The number of carbonyl (C=O) groups excluding carboxylic acids is 2. The topological polar surface area (TPSA) is 85.9 Å². The summed E-state index contributed by atoms with van der Waals surface area (Å²) in [5.74, 6) is -1.23. The maximum Gasteiger partial charge on any atom is 0.276 e. The SMILES string of the molecule is O=C(COc1ccccc1F)NNC(=O)c1cc(Cl)c2c(c1)OCO2. The lowest BCUT2D eigenvalue weighted by Crippen LogP contribution is -2.43. The molecule has 0 saturated carbocycles. The zero-order chi connectivity index (χ0) is 17.8. The predicted molar refractivity (Wildman–Crippen MR) is 85.1 cm³/mol. The molecule has 7 nitrogen and oxygen atoms in total. The molecule has 0 unspecified atom stereocenters. The van der Waals surface area contributed by atoms with Crippen LogP contribution in [0, 0.1) is 5.82 Å². The summed E-state index contributed by atoms with van der Waals surface area (Å²) in [7, 11) is 0. The minimum atomic E-state index is -0.663. The minimum Gasteiger partial charge on any atom is -0.481 e. The number of ether oxygens (including phenoxy) is 3. The van der Waals surface area contributed by atoms with Gasteiger partial charge in [-0.05, 0) is 24.3 Å². The van der Waals surface area contributed by atoms with E-state index in [1.54, 1.807) is 6.07 Å². The molecule has 3 rings (SSSR count). The first-order chi connectivity index (χ1) is 12.0. The van der Waals surface area contributed by atoms with Crippen LogP contribution in [0.4, 0.5) is 4.39 Å². The molecule has 0 radical (unpaired) electrons. The number of hydrogen-bond donors (Lipinski definition) is 2. The van der Waals surface area contributed by atoms with Crippen LogP contribution in [0.1, 0.15) is 10.4 Å². The van der Waals surface area contributed by atoms with Gasteiger partial charge in [-0.25, -0.2) is 4.39 Å². The highest BCUT2D eigenvalue weighted by molar-refractivity contribution is 6.32. The van der Waals surface area contributed by atoms with E-state index in [0.717, 1.165) is 0 Å². The molecular weight excluding hydrogens is 355 g/mol. The second-order valence-corrected chi connectivity index (χ2v) is 5.32. The molecule has 1 heterocycles. The van der Waals surface area contributed by atoms with Crippen LogP contribution in [0.25, 0.3) is 0 Å². The summed E-state index contributed by atoms with van der Waals surface area (Å²) in [6.45, 7) is -0.451. The van der Waals surface area contributed by atoms with E-state index >= 15 is 0 Å². The van der Waals surface area contributed by atoms with E-state index in [-0.39, 0.29) is 23.1 Å². The van der Waals surface area contributed by atoms with Crippen LogP contribution in [0.5, 0.6) is 17.2 Å². The molecule has 0 spiro atoms. The van der Waals surface area contributed by atoms with Crippen molar-refractivity contribution in [3.8, 4) is 17.2 Å². The quantitative estimate of drug-likeness (QED) is 0.809. The highest BCUT2D eigenvalue weighted by Gasteiger charge is 2.21. The van der Waals surface area contributed by atoms with Crippen LogP contribution in [-0.2, 0) is 4.79 Å². The fourth-order valence-electron chi connectivity index (χ4n) is 2.04. The number of hydrazine groups is 1. The van der Waals surface area contributed by atoms with Crippen molar-refractivity contribution < 1.29 is 28.2 Å². The normalized spacial score (nSPS) is 11.8. The maximum absolute atomic E-state index is 13.4. The van der Waals surface area contributed by atoms with Crippen molar-refractivity contribution in [2.24, 2.45) is 0 Å². The van der Waals surface area contributed by atoms with Gasteiger partial charge in [0.2, 0.25) is 6.79 Å². The van der Waals surface area contributed by atoms with Crippen LogP contribution >= 0.6 is 11.6 Å². The van der Waals surface area contributed by atoms with Crippen molar-refractivity contribution in [1.82, 2.24) is 10.9 Å². The Morgan fingerprint density at radius 1 is 1.20 bits per heavy atom. The smallest absolute Gasteiger partial charge is 0.276 e. The molecule has 2 aromatic carbocycles. The van der Waals surface area contributed by atoms with Crippen molar-refractivity contribution in [2.75, 3.05) is 13.4 Å². The Bertz CT molecular complexity index is 830. The Labute approximate surface area is 146 Å². The van der Waals surface area contributed by atoms with Crippen LogP contribution < -0.4 is 25.1 Å². The monoisotopic (exact) mass is 366 g/mol. The molecule has 0 saturated heterocycles. The van der Waals surface area contributed by atoms with Crippen molar-refractivity contribution >= 4 is 23.4 Å². The number of hydrogen-bond acceptors (Lipinski definition) is 5. The van der Waals surface area contributed by atoms with Crippen molar-refractivity contribution in [3.63, 3.8) is 0 Å². The van der Waals surface area contributed by atoms with E-state index in [2.05, 4.69) is 10.9 Å². The summed E-state index contributed by atoms with van der Waals surface area (Å²) < 4.78 is 28.7. The Morgan fingerprint density at radius 3 is 2.80 bits per heavy atom. The van der Waals surface area contributed by atoms with E-state index in [0.29, 0.717) is 11.5 Å². The molecule has 0 fully saturated rings. The molecule has 2 aromatic rings. The van der Waals surface area contributed by atoms with Gasteiger partial charge in [0.05, 0.1) is 5.02 Å². The van der Waals surface area contributed by atoms with Crippen LogP contribution in [0.3, 0.4) is 0 Å². The molecule has 0 bridgehead atoms. The molecule has 9 heteroatoms. The minimum absolute atomic E-state index is 0.0181. The van der Waals surface area contributed by atoms with Gasteiger partial charge >= 0.3 is 0 Å². The lowest BCUT2D eigenvalue weighted by molar-refractivity contribution is -0.123. The van der Waals surface area contributed by atoms with Crippen LogP contribution in [0.2, 0.25) is 5.02 Å². The van der Waals surface area contributed by atoms with Gasteiger partial charge in [0.25, 0.3) is 11.8 Å². The summed E-state index contributed by atoms with van der Waals surface area (Å²) in [5.41, 5.74) is 4.53. The number of fused-ring (bicyclic) bond motifs is 1. The fourth-order valence-corrected chi connectivity index (χ4v) is 2.30. The van der Waals surface area contributed by atoms with Gasteiger partial charge in [-0.15, -0.1) is 0 Å². The van der Waals surface area contributed by atoms with E-state index in [9.17, 15) is 14.0 Å². The Hall–Kier alpha value is -3.00. The zero-order valence-electron chi connectivity index (χ0n) is 12.7. The molecule has 0 atom stereocenters. The third-order valence-corrected chi connectivity index (χ3v) is 3.48. The molecule has 0 aromatic heterocycles. The van der Waals surface area contributed by atoms with Crippen LogP contribution in [0.15, 0.2) is 36.4 Å². The maximum atomic E-state index is 13.4. The molecule has 2 amide bonds. The Balaban J connectivity index is 1.53. The summed E-state index contributed by atoms with van der Waals surface area (Å²) in [6.07, 6.45) is 0. The number of para-hydroxylation sites is 1. The number of benzene rings is 2. The van der Waals surface area contributed by atoms with Gasteiger partial charge in [-0.3, -0.25) is 20.4 Å². The standard InChI is InChI=1S/C16H12ClFN2O5/c17-10-5-9(6-13-15(10)25-8-24-13)16(22)20-19-14(21)7-23-12-4-2-1-3-11(12)18/h1-6H,7-8H2,(H,19,21)(H,20,22). The van der Waals surface area contributed by atoms with Crippen molar-refractivity contribution in [3.05, 3.63) is 52.8 Å². The summed E-state index contributed by atoms with van der Waals surface area (Å²) >= 11 is 5.99. The number of carbonyl (C=O) groups is 2. The third-order valence-electron chi connectivity index (χ3n) is 3.20. The molecule has 0 aliphatic carbocycles. The van der Waals surface area contributed by atoms with Gasteiger partial charge in [-0.2, -0.15) is 0 Å². The number of rotatable bonds is 4. The lowest BCUT2D eigenvalue weighted by Gasteiger charge is -2.10. The number of nitrogens with one attached hydrogen (secondary N) is 2. The van der Waals surface area contributed by atoms with E-state index in [1.807, 2.05) is 0 Å². The second-order valence-electron chi connectivity index (χ2n) is 4.91. The summed E-state index contributed by atoms with van der Waals surface area (Å²) in [6, 6.07) is 8.48. The molecule has 1 aliphatic rings. The molecular formula is C16H12ClFN2O5. The predicted octanol–water partition coefficient (Wildman–Crippen LogP) is 2.05. The second kappa shape index (κ2) is 7.27. The van der Waals surface area contributed by atoms with E-state index < -0.39 is 24.2 Å². The largest absolute Gasteiger partial charge is 0.481 e. The van der Waals surface area contributed by atoms with Gasteiger partial charge in [0.15, 0.2) is 29.7 Å². The zero-order valence-corrected chi connectivity index (χ0v) is 13.4. The average Bonchev–Trinajstić information content (AvgIpc) is 3.08. The van der Waals surface area contributed by atoms with E-state index in [1.165, 1.54) is 30.3 Å². The Kier molecular flexibility index (Phi) is 4.90. The molecule has 130 valence electrons.